The average Bonchev–Trinajstić information content (AvgIpc) is 3.38. The van der Waals surface area contributed by atoms with Crippen LogP contribution in [-0.4, -0.2) is 11.9 Å². The van der Waals surface area contributed by atoms with Crippen LogP contribution in [-0.2, 0) is 14.3 Å². The van der Waals surface area contributed by atoms with Gasteiger partial charge in [0.1, 0.15) is 0 Å². The summed E-state index contributed by atoms with van der Waals surface area (Å²) in [6, 6.07) is 0. The van der Waals surface area contributed by atoms with Crippen LogP contribution in [0.1, 0.15) is 195 Å². The fraction of sp³-hybridized carbons (Fsp3) is 0.905. The molecule has 0 aliphatic heterocycles. The van der Waals surface area contributed by atoms with Crippen molar-refractivity contribution in [2.24, 2.45) is 46.3 Å². The maximum atomic E-state index is 12.6. The molecule has 45 heavy (non-hydrogen) atoms. The minimum atomic E-state index is -0.316. The minimum absolute atomic E-state index is 0.299. The first kappa shape index (κ1) is 36.7. The summed E-state index contributed by atoms with van der Waals surface area (Å²) in [6.07, 6.45) is 36.8. The van der Waals surface area contributed by atoms with Gasteiger partial charge in [-0.3, -0.25) is 9.59 Å². The van der Waals surface area contributed by atoms with E-state index in [1.807, 2.05) is 0 Å². The molecule has 3 heteroatoms. The molecule has 0 saturated heterocycles. The Balaban J connectivity index is 1.05. The first-order chi connectivity index (χ1) is 21.8. The van der Waals surface area contributed by atoms with Gasteiger partial charge in [0.15, 0.2) is 0 Å². The molecule has 4 fully saturated rings. The highest BCUT2D eigenvalue weighted by Gasteiger charge is 2.60. The zero-order valence-electron chi connectivity index (χ0n) is 30.2. The van der Waals surface area contributed by atoms with Gasteiger partial charge in [-0.2, -0.15) is 0 Å². The molecular weight excluding hydrogens is 552 g/mol. The van der Waals surface area contributed by atoms with E-state index >= 15 is 0 Å². The number of carbonyl (C=O) groups is 2. The standard InChI is InChI=1S/C42H72O3/c1-5-6-7-8-9-10-11-12-13-14-15-16-17-18-19-23-39(43)45-40(44)29-24-33(2)36-27-28-37-35-26-25-34-22-20-21-31-41(34,3)38(35)30-32-42(36,37)4/h12-13,33-38H,5-11,14-32H2,1-4H3/b13-12-/t33-,34?,35+,36-,37+,38+,41+,42-/m1/s1. The van der Waals surface area contributed by atoms with Gasteiger partial charge >= 0.3 is 11.9 Å². The third-order valence-corrected chi connectivity index (χ3v) is 14.0. The van der Waals surface area contributed by atoms with E-state index < -0.39 is 0 Å². The number of hydrogen-bond donors (Lipinski definition) is 0. The first-order valence-electron chi connectivity index (χ1n) is 20.2. The molecule has 0 spiro atoms. The highest BCUT2D eigenvalue weighted by molar-refractivity contribution is 5.85. The fourth-order valence-corrected chi connectivity index (χ4v) is 11.4. The number of carbonyl (C=O) groups excluding carboxylic acids is 2. The van der Waals surface area contributed by atoms with Crippen molar-refractivity contribution in [2.45, 2.75) is 195 Å². The quantitative estimate of drug-likeness (QED) is 0.0621. The summed E-state index contributed by atoms with van der Waals surface area (Å²) in [4.78, 5) is 24.9. The summed E-state index contributed by atoms with van der Waals surface area (Å²) in [5.74, 6) is 4.35. The third kappa shape index (κ3) is 9.95. The highest BCUT2D eigenvalue weighted by Crippen LogP contribution is 2.68. The molecule has 4 saturated carbocycles. The maximum Gasteiger partial charge on any atom is 0.313 e. The molecule has 4 rings (SSSR count). The van der Waals surface area contributed by atoms with Crippen molar-refractivity contribution < 1.29 is 14.3 Å². The molecule has 8 atom stereocenters. The van der Waals surface area contributed by atoms with E-state index in [4.69, 9.17) is 4.74 Å². The third-order valence-electron chi connectivity index (χ3n) is 14.0. The minimum Gasteiger partial charge on any atom is -0.393 e. The molecule has 0 aromatic carbocycles. The van der Waals surface area contributed by atoms with E-state index in [2.05, 4.69) is 39.8 Å². The number of ether oxygens (including phenoxy) is 1. The number of hydrogen-bond acceptors (Lipinski definition) is 3. The van der Waals surface area contributed by atoms with Crippen LogP contribution in [0.25, 0.3) is 0 Å². The lowest BCUT2D eigenvalue weighted by Gasteiger charge is -2.61. The lowest BCUT2D eigenvalue weighted by molar-refractivity contribution is -0.160. The van der Waals surface area contributed by atoms with Gasteiger partial charge < -0.3 is 4.74 Å². The number of unbranched alkanes of at least 4 members (excludes halogenated alkanes) is 11. The Morgan fingerprint density at radius 2 is 1.33 bits per heavy atom. The van der Waals surface area contributed by atoms with E-state index in [-0.39, 0.29) is 11.9 Å². The molecule has 0 amide bonds. The van der Waals surface area contributed by atoms with Gasteiger partial charge in [-0.1, -0.05) is 104 Å². The molecule has 258 valence electrons. The lowest BCUT2D eigenvalue weighted by Crippen LogP contribution is -2.53. The molecule has 0 aromatic heterocycles. The second kappa shape index (κ2) is 18.4. The van der Waals surface area contributed by atoms with E-state index in [1.54, 1.807) is 0 Å². The summed E-state index contributed by atoms with van der Waals surface area (Å²) in [5.41, 5.74) is 1.04. The molecule has 3 nitrogen and oxygen atoms in total. The Kier molecular flexibility index (Phi) is 15.0. The maximum absolute atomic E-state index is 12.6. The highest BCUT2D eigenvalue weighted by atomic mass is 16.6. The number of allylic oxidation sites excluding steroid dienone is 2. The summed E-state index contributed by atoms with van der Waals surface area (Å²) < 4.78 is 5.26. The van der Waals surface area contributed by atoms with E-state index in [1.165, 1.54) is 128 Å². The van der Waals surface area contributed by atoms with Crippen molar-refractivity contribution in [3.63, 3.8) is 0 Å². The van der Waals surface area contributed by atoms with Crippen LogP contribution in [0.5, 0.6) is 0 Å². The van der Waals surface area contributed by atoms with Crippen molar-refractivity contribution in [1.29, 1.82) is 0 Å². The molecule has 1 unspecified atom stereocenters. The Labute approximate surface area is 278 Å². The number of fused-ring (bicyclic) bond motifs is 5. The van der Waals surface area contributed by atoms with Crippen LogP contribution in [0.3, 0.4) is 0 Å². The molecule has 4 aliphatic rings. The lowest BCUT2D eigenvalue weighted by atomic mass is 9.44. The van der Waals surface area contributed by atoms with Crippen molar-refractivity contribution in [3.05, 3.63) is 12.2 Å². The Hall–Kier alpha value is -1.12. The van der Waals surface area contributed by atoms with Crippen LogP contribution in [0.15, 0.2) is 12.2 Å². The van der Waals surface area contributed by atoms with Gasteiger partial charge in [-0.05, 0) is 136 Å². The zero-order valence-corrected chi connectivity index (χ0v) is 30.2. The molecule has 0 N–H and O–H groups in total. The Bertz CT molecular complexity index is 923. The van der Waals surface area contributed by atoms with E-state index in [0.717, 1.165) is 49.4 Å². The first-order valence-corrected chi connectivity index (χ1v) is 20.2. The van der Waals surface area contributed by atoms with E-state index in [0.29, 0.717) is 35.5 Å². The SMILES string of the molecule is CCCCCCCC/C=C\CCCCCCCC(=O)OC(=O)CC[C@@H](C)[C@H]1CC[C@H]2[C@@H]3CCC4CCCC[C@]4(C)[C@H]3CC[C@]12C. The molecule has 0 radical (unpaired) electrons. The zero-order chi connectivity index (χ0) is 32.1. The molecular formula is C42H72O3. The molecule has 4 aliphatic carbocycles. The van der Waals surface area contributed by atoms with Gasteiger partial charge in [0.25, 0.3) is 0 Å². The van der Waals surface area contributed by atoms with Gasteiger partial charge in [-0.15, -0.1) is 0 Å². The summed E-state index contributed by atoms with van der Waals surface area (Å²) in [7, 11) is 0. The topological polar surface area (TPSA) is 43.4 Å². The molecule has 0 aromatic rings. The van der Waals surface area contributed by atoms with Crippen molar-refractivity contribution in [2.75, 3.05) is 0 Å². The van der Waals surface area contributed by atoms with Gasteiger partial charge in [0.2, 0.25) is 0 Å². The summed E-state index contributed by atoms with van der Waals surface area (Å²) in [6.45, 7) is 9.95. The monoisotopic (exact) mass is 625 g/mol. The largest absolute Gasteiger partial charge is 0.393 e. The van der Waals surface area contributed by atoms with Gasteiger partial charge in [0.05, 0.1) is 0 Å². The van der Waals surface area contributed by atoms with Crippen LogP contribution in [0.4, 0.5) is 0 Å². The van der Waals surface area contributed by atoms with Crippen LogP contribution < -0.4 is 0 Å². The summed E-state index contributed by atoms with van der Waals surface area (Å²) in [5, 5.41) is 0. The smallest absolute Gasteiger partial charge is 0.313 e. The second-order valence-corrected chi connectivity index (χ2v) is 16.8. The summed E-state index contributed by atoms with van der Waals surface area (Å²) >= 11 is 0. The van der Waals surface area contributed by atoms with Crippen molar-refractivity contribution in [1.82, 2.24) is 0 Å². The Morgan fingerprint density at radius 1 is 0.689 bits per heavy atom. The fourth-order valence-electron chi connectivity index (χ4n) is 11.4. The molecule has 0 bridgehead atoms. The van der Waals surface area contributed by atoms with Gasteiger partial charge in [0, 0.05) is 12.8 Å². The number of rotatable bonds is 19. The predicted octanol–water partition coefficient (Wildman–Crippen LogP) is 12.6. The van der Waals surface area contributed by atoms with Crippen molar-refractivity contribution >= 4 is 11.9 Å². The molecule has 0 heterocycles. The van der Waals surface area contributed by atoms with Gasteiger partial charge in [-0.25, -0.2) is 0 Å². The average molecular weight is 625 g/mol. The number of esters is 2. The van der Waals surface area contributed by atoms with Crippen molar-refractivity contribution in [3.8, 4) is 0 Å². The van der Waals surface area contributed by atoms with Crippen LogP contribution >= 0.6 is 0 Å². The predicted molar refractivity (Wildman–Crippen MR) is 189 cm³/mol. The Morgan fingerprint density at radius 3 is 2.07 bits per heavy atom. The normalized spacial score (nSPS) is 33.4. The van der Waals surface area contributed by atoms with Crippen LogP contribution in [0, 0.1) is 46.3 Å². The second-order valence-electron chi connectivity index (χ2n) is 16.8. The van der Waals surface area contributed by atoms with E-state index in [9.17, 15) is 9.59 Å². The van der Waals surface area contributed by atoms with Crippen LogP contribution in [0.2, 0.25) is 0 Å².